The lowest BCUT2D eigenvalue weighted by Crippen LogP contribution is -2.27. The minimum absolute atomic E-state index is 0.0580. The van der Waals surface area contributed by atoms with Gasteiger partial charge in [-0.3, -0.25) is 9.59 Å². The van der Waals surface area contributed by atoms with E-state index in [-0.39, 0.29) is 23.4 Å². The van der Waals surface area contributed by atoms with Crippen LogP contribution in [0.15, 0.2) is 22.9 Å². The zero-order valence-electron chi connectivity index (χ0n) is 16.2. The molecule has 1 saturated carbocycles. The highest BCUT2D eigenvalue weighted by molar-refractivity contribution is 5.93. The van der Waals surface area contributed by atoms with Gasteiger partial charge in [0.15, 0.2) is 6.39 Å². The van der Waals surface area contributed by atoms with Crippen molar-refractivity contribution in [3.63, 3.8) is 0 Å². The Morgan fingerprint density at radius 2 is 1.93 bits per heavy atom. The number of aromatic nitrogens is 1. The van der Waals surface area contributed by atoms with E-state index in [1.165, 1.54) is 6.39 Å². The van der Waals surface area contributed by atoms with Crippen molar-refractivity contribution in [2.45, 2.75) is 52.6 Å². The number of oxazole rings is 1. The fourth-order valence-corrected chi connectivity index (χ4v) is 4.22. The molecule has 3 unspecified atom stereocenters. The Kier molecular flexibility index (Phi) is 5.46. The second-order valence-corrected chi connectivity index (χ2v) is 7.50. The van der Waals surface area contributed by atoms with E-state index >= 15 is 0 Å². The molecular formula is C21H26N2O4. The highest BCUT2D eigenvalue weighted by atomic mass is 16.3. The first-order valence-electron chi connectivity index (χ1n) is 9.27. The molecule has 1 amide bonds. The average Bonchev–Trinajstić information content (AvgIpc) is 3.12. The van der Waals surface area contributed by atoms with Crippen LogP contribution in [0.4, 0.5) is 0 Å². The van der Waals surface area contributed by atoms with E-state index in [4.69, 9.17) is 4.42 Å². The smallest absolute Gasteiger partial charge is 0.288 e. The van der Waals surface area contributed by atoms with Crippen molar-refractivity contribution in [3.8, 4) is 0 Å². The highest BCUT2D eigenvalue weighted by Crippen LogP contribution is 2.39. The number of amides is 1. The SMILES string of the molecule is Cc1cc(C)c(C2C(=O)C(CCNC(=O)c3ocnc3C)CC2O)c(C)c1. The lowest BCUT2D eigenvalue weighted by molar-refractivity contribution is -0.122. The van der Waals surface area contributed by atoms with Crippen LogP contribution in [0.25, 0.3) is 0 Å². The maximum atomic E-state index is 13.0. The molecule has 144 valence electrons. The third kappa shape index (κ3) is 3.81. The van der Waals surface area contributed by atoms with Gasteiger partial charge in [0.2, 0.25) is 5.76 Å². The molecule has 3 rings (SSSR count). The van der Waals surface area contributed by atoms with E-state index in [1.54, 1.807) is 6.92 Å². The molecule has 1 fully saturated rings. The van der Waals surface area contributed by atoms with Crippen LogP contribution in [0, 0.1) is 33.6 Å². The van der Waals surface area contributed by atoms with Crippen molar-refractivity contribution in [2.24, 2.45) is 5.92 Å². The van der Waals surface area contributed by atoms with E-state index in [0.29, 0.717) is 25.1 Å². The van der Waals surface area contributed by atoms with Crippen LogP contribution in [-0.4, -0.2) is 34.4 Å². The van der Waals surface area contributed by atoms with E-state index in [0.717, 1.165) is 22.3 Å². The summed E-state index contributed by atoms with van der Waals surface area (Å²) >= 11 is 0. The Morgan fingerprint density at radius 3 is 2.52 bits per heavy atom. The third-order valence-corrected chi connectivity index (χ3v) is 5.40. The number of ketones is 1. The minimum atomic E-state index is -0.685. The lowest BCUT2D eigenvalue weighted by Gasteiger charge is -2.19. The summed E-state index contributed by atoms with van der Waals surface area (Å²) in [5.41, 5.74) is 4.71. The van der Waals surface area contributed by atoms with Crippen LogP contribution in [0.5, 0.6) is 0 Å². The summed E-state index contributed by atoms with van der Waals surface area (Å²) in [5, 5.41) is 13.3. The molecule has 1 aliphatic carbocycles. The highest BCUT2D eigenvalue weighted by Gasteiger charge is 2.42. The second-order valence-electron chi connectivity index (χ2n) is 7.50. The number of hydrogen-bond acceptors (Lipinski definition) is 5. The monoisotopic (exact) mass is 370 g/mol. The first kappa shape index (κ1) is 19.3. The van der Waals surface area contributed by atoms with E-state index in [2.05, 4.69) is 22.4 Å². The van der Waals surface area contributed by atoms with Crippen LogP contribution in [-0.2, 0) is 4.79 Å². The molecule has 0 bridgehead atoms. The van der Waals surface area contributed by atoms with E-state index in [1.807, 2.05) is 20.8 Å². The van der Waals surface area contributed by atoms with Crippen LogP contribution < -0.4 is 5.32 Å². The molecule has 0 aliphatic heterocycles. The Labute approximate surface area is 159 Å². The van der Waals surface area contributed by atoms with Gasteiger partial charge < -0.3 is 14.8 Å². The van der Waals surface area contributed by atoms with Crippen LogP contribution in [0.1, 0.15) is 57.3 Å². The summed E-state index contributed by atoms with van der Waals surface area (Å²) in [4.78, 5) is 28.9. The molecule has 0 spiro atoms. The average molecular weight is 370 g/mol. The first-order valence-corrected chi connectivity index (χ1v) is 9.27. The number of nitrogens with zero attached hydrogens (tertiary/aromatic N) is 1. The first-order chi connectivity index (χ1) is 12.8. The summed E-state index contributed by atoms with van der Waals surface area (Å²) < 4.78 is 5.07. The minimum Gasteiger partial charge on any atom is -0.438 e. The summed E-state index contributed by atoms with van der Waals surface area (Å²) in [6, 6.07) is 4.10. The van der Waals surface area contributed by atoms with Gasteiger partial charge in [0.1, 0.15) is 5.78 Å². The van der Waals surface area contributed by atoms with Crippen molar-refractivity contribution < 1.29 is 19.1 Å². The van der Waals surface area contributed by atoms with Gasteiger partial charge in [-0.2, -0.15) is 0 Å². The van der Waals surface area contributed by atoms with Crippen molar-refractivity contribution in [3.05, 3.63) is 52.2 Å². The quantitative estimate of drug-likeness (QED) is 0.844. The predicted molar refractivity (Wildman–Crippen MR) is 101 cm³/mol. The number of hydrogen-bond donors (Lipinski definition) is 2. The van der Waals surface area contributed by atoms with Gasteiger partial charge in [0, 0.05) is 12.5 Å². The maximum Gasteiger partial charge on any atom is 0.288 e. The van der Waals surface area contributed by atoms with Crippen molar-refractivity contribution in [1.82, 2.24) is 10.3 Å². The van der Waals surface area contributed by atoms with Crippen LogP contribution >= 0.6 is 0 Å². The molecule has 1 heterocycles. The molecular weight excluding hydrogens is 344 g/mol. The number of rotatable bonds is 5. The lowest BCUT2D eigenvalue weighted by atomic mass is 9.86. The van der Waals surface area contributed by atoms with E-state index in [9.17, 15) is 14.7 Å². The van der Waals surface area contributed by atoms with Gasteiger partial charge in [-0.25, -0.2) is 4.98 Å². The number of carbonyl (C=O) groups is 2. The molecule has 1 aromatic heterocycles. The van der Waals surface area contributed by atoms with Gasteiger partial charge in [0.05, 0.1) is 17.7 Å². The number of carbonyl (C=O) groups excluding carboxylic acids is 2. The van der Waals surface area contributed by atoms with Crippen molar-refractivity contribution in [1.29, 1.82) is 0 Å². The summed E-state index contributed by atoms with van der Waals surface area (Å²) in [7, 11) is 0. The molecule has 1 aromatic carbocycles. The Balaban J connectivity index is 1.65. The number of aliphatic hydroxyl groups is 1. The Bertz CT molecular complexity index is 848. The molecule has 6 heteroatoms. The topological polar surface area (TPSA) is 92.4 Å². The van der Waals surface area contributed by atoms with Gasteiger partial charge in [-0.1, -0.05) is 17.7 Å². The largest absolute Gasteiger partial charge is 0.438 e. The zero-order chi connectivity index (χ0) is 19.7. The molecule has 2 N–H and O–H groups in total. The van der Waals surface area contributed by atoms with Crippen LogP contribution in [0.3, 0.4) is 0 Å². The molecule has 27 heavy (non-hydrogen) atoms. The predicted octanol–water partition coefficient (Wildman–Crippen LogP) is 2.76. The summed E-state index contributed by atoms with van der Waals surface area (Å²) in [6.45, 7) is 8.05. The van der Waals surface area contributed by atoms with E-state index < -0.39 is 12.0 Å². The number of aliphatic hydroxyl groups excluding tert-OH is 1. The number of benzene rings is 1. The second kappa shape index (κ2) is 7.64. The third-order valence-electron chi connectivity index (χ3n) is 5.40. The molecule has 1 aliphatic rings. The van der Waals surface area contributed by atoms with Gasteiger partial charge in [0.25, 0.3) is 5.91 Å². The van der Waals surface area contributed by atoms with Crippen molar-refractivity contribution in [2.75, 3.05) is 6.54 Å². The molecule has 0 saturated heterocycles. The van der Waals surface area contributed by atoms with Crippen molar-refractivity contribution >= 4 is 11.7 Å². The normalized spacial score (nSPS) is 22.3. The summed E-state index contributed by atoms with van der Waals surface area (Å²) in [5.74, 6) is -0.832. The molecule has 6 nitrogen and oxygen atoms in total. The number of nitrogens with one attached hydrogen (secondary N) is 1. The molecule has 2 aromatic rings. The van der Waals surface area contributed by atoms with Gasteiger partial charge >= 0.3 is 0 Å². The Hall–Kier alpha value is -2.47. The molecule has 3 atom stereocenters. The maximum absolute atomic E-state index is 13.0. The van der Waals surface area contributed by atoms with Gasteiger partial charge in [-0.05, 0) is 57.2 Å². The van der Waals surface area contributed by atoms with Crippen LogP contribution in [0.2, 0.25) is 0 Å². The fourth-order valence-electron chi connectivity index (χ4n) is 4.22. The fraction of sp³-hybridized carbons (Fsp3) is 0.476. The Morgan fingerprint density at radius 1 is 1.26 bits per heavy atom. The van der Waals surface area contributed by atoms with Gasteiger partial charge in [-0.15, -0.1) is 0 Å². The number of Topliss-reactive ketones (excluding diaryl/α,β-unsaturated/α-hetero) is 1. The molecule has 0 radical (unpaired) electrons. The zero-order valence-corrected chi connectivity index (χ0v) is 16.2. The number of aryl methyl sites for hydroxylation is 4. The standard InChI is InChI=1S/C21H26N2O4/c1-11-7-12(2)17(13(3)8-11)18-16(24)9-15(19(18)25)5-6-22-21(26)20-14(4)23-10-27-20/h7-8,10,15-16,18,24H,5-6,9H2,1-4H3,(H,22,26). The summed E-state index contributed by atoms with van der Waals surface area (Å²) in [6.07, 6.45) is 1.47.